The number of halogens is 1. The van der Waals surface area contributed by atoms with E-state index in [0.29, 0.717) is 15.8 Å². The average molecular weight is 379 g/mol. The van der Waals surface area contributed by atoms with Crippen LogP contribution >= 0.6 is 23.8 Å². The molecule has 0 bridgehead atoms. The molecule has 25 heavy (non-hydrogen) atoms. The fourth-order valence-corrected chi connectivity index (χ4v) is 2.70. The maximum absolute atomic E-state index is 11.7. The maximum atomic E-state index is 11.7. The van der Waals surface area contributed by atoms with E-state index in [0.717, 1.165) is 11.3 Å². The monoisotopic (exact) mass is 378 g/mol. The van der Waals surface area contributed by atoms with E-state index in [2.05, 4.69) is 10.6 Å². The number of methoxy groups -OCH3 is 2. The van der Waals surface area contributed by atoms with E-state index in [1.54, 1.807) is 25.3 Å². The van der Waals surface area contributed by atoms with Crippen molar-refractivity contribution in [3.63, 3.8) is 0 Å². The Hall–Kier alpha value is -2.31. The van der Waals surface area contributed by atoms with Gasteiger partial charge in [-0.15, -0.1) is 0 Å². The molecule has 2 N–H and O–H groups in total. The van der Waals surface area contributed by atoms with Gasteiger partial charge in [0.25, 0.3) is 0 Å². The van der Waals surface area contributed by atoms with Crippen molar-refractivity contribution in [3.8, 4) is 5.75 Å². The first kappa shape index (κ1) is 19.0. The van der Waals surface area contributed by atoms with Crippen molar-refractivity contribution in [3.05, 3.63) is 58.6 Å². The molecule has 0 aliphatic carbocycles. The highest BCUT2D eigenvalue weighted by molar-refractivity contribution is 7.80. The van der Waals surface area contributed by atoms with E-state index < -0.39 is 5.97 Å². The van der Waals surface area contributed by atoms with Gasteiger partial charge in [-0.2, -0.15) is 0 Å². The largest absolute Gasteiger partial charge is 0.497 e. The van der Waals surface area contributed by atoms with Gasteiger partial charge in [-0.05, 0) is 55.0 Å². The Morgan fingerprint density at radius 3 is 2.44 bits per heavy atom. The Bertz CT molecular complexity index is 765. The van der Waals surface area contributed by atoms with Gasteiger partial charge in [0.1, 0.15) is 5.75 Å². The molecule has 0 saturated carbocycles. The predicted molar refractivity (Wildman–Crippen MR) is 104 cm³/mol. The zero-order valence-corrected chi connectivity index (χ0v) is 15.7. The zero-order valence-electron chi connectivity index (χ0n) is 14.1. The summed E-state index contributed by atoms with van der Waals surface area (Å²) in [6.45, 7) is 2.00. The summed E-state index contributed by atoms with van der Waals surface area (Å²) >= 11 is 11.3. The standard InChI is InChI=1S/C18H19ClN2O3S/c1-11(12-4-7-14(23-2)8-5-12)20-18(25)21-13-6-9-16(19)15(10-13)17(22)24-3/h4-11H,1-3H3,(H2,20,21,25). The van der Waals surface area contributed by atoms with E-state index >= 15 is 0 Å². The van der Waals surface area contributed by atoms with Gasteiger partial charge >= 0.3 is 5.97 Å². The van der Waals surface area contributed by atoms with Crippen molar-refractivity contribution in [1.82, 2.24) is 5.32 Å². The first-order valence-corrected chi connectivity index (χ1v) is 8.32. The first-order chi connectivity index (χ1) is 11.9. The summed E-state index contributed by atoms with van der Waals surface area (Å²) in [7, 11) is 2.94. The molecule has 5 nitrogen and oxygen atoms in total. The molecular formula is C18H19ClN2O3S. The highest BCUT2D eigenvalue weighted by atomic mass is 35.5. The number of esters is 1. The van der Waals surface area contributed by atoms with E-state index in [9.17, 15) is 4.79 Å². The Labute approximate surface area is 157 Å². The number of hydrogen-bond acceptors (Lipinski definition) is 4. The molecule has 1 unspecified atom stereocenters. The summed E-state index contributed by atoms with van der Waals surface area (Å²) in [6, 6.07) is 12.7. The smallest absolute Gasteiger partial charge is 0.339 e. The molecule has 0 aliphatic heterocycles. The molecule has 2 rings (SSSR count). The minimum absolute atomic E-state index is 0.00159. The van der Waals surface area contributed by atoms with Crippen LogP contribution < -0.4 is 15.4 Å². The molecule has 7 heteroatoms. The molecule has 0 fully saturated rings. The zero-order chi connectivity index (χ0) is 18.4. The molecule has 132 valence electrons. The van der Waals surface area contributed by atoms with Crippen LogP contribution in [0.15, 0.2) is 42.5 Å². The summed E-state index contributed by atoms with van der Waals surface area (Å²) in [4.78, 5) is 11.7. The van der Waals surface area contributed by atoms with Crippen LogP contribution in [0.2, 0.25) is 5.02 Å². The van der Waals surface area contributed by atoms with Crippen LogP contribution in [0, 0.1) is 0 Å². The van der Waals surface area contributed by atoms with Crippen molar-refractivity contribution >= 4 is 40.6 Å². The molecule has 0 aliphatic rings. The van der Waals surface area contributed by atoms with Gasteiger partial charge in [-0.1, -0.05) is 23.7 Å². The summed E-state index contributed by atoms with van der Waals surface area (Å²) in [5.74, 6) is 0.298. The van der Waals surface area contributed by atoms with Crippen molar-refractivity contribution < 1.29 is 14.3 Å². The molecule has 0 heterocycles. The van der Waals surface area contributed by atoms with Crippen LogP contribution in [-0.2, 0) is 4.74 Å². The number of hydrogen-bond donors (Lipinski definition) is 2. The fraction of sp³-hybridized carbons (Fsp3) is 0.222. The number of ether oxygens (including phenoxy) is 2. The number of anilines is 1. The van der Waals surface area contributed by atoms with Gasteiger partial charge in [0.15, 0.2) is 5.11 Å². The lowest BCUT2D eigenvalue weighted by Gasteiger charge is -2.18. The van der Waals surface area contributed by atoms with E-state index in [1.165, 1.54) is 7.11 Å². The molecular weight excluding hydrogens is 360 g/mol. The minimum Gasteiger partial charge on any atom is -0.497 e. The van der Waals surface area contributed by atoms with E-state index in [-0.39, 0.29) is 11.6 Å². The van der Waals surface area contributed by atoms with Crippen molar-refractivity contribution in [2.24, 2.45) is 0 Å². The van der Waals surface area contributed by atoms with E-state index in [4.69, 9.17) is 33.3 Å². The van der Waals surface area contributed by atoms with Gasteiger partial charge in [0.05, 0.1) is 30.8 Å². The highest BCUT2D eigenvalue weighted by Crippen LogP contribution is 2.22. The minimum atomic E-state index is -0.501. The van der Waals surface area contributed by atoms with Crippen LogP contribution in [0.3, 0.4) is 0 Å². The number of carbonyl (C=O) groups is 1. The third-order valence-electron chi connectivity index (χ3n) is 3.59. The van der Waals surface area contributed by atoms with Crippen LogP contribution in [0.4, 0.5) is 5.69 Å². The predicted octanol–water partition coefficient (Wildman–Crippen LogP) is 4.18. The topological polar surface area (TPSA) is 59.6 Å². The molecule has 0 radical (unpaired) electrons. The van der Waals surface area contributed by atoms with Crippen LogP contribution in [-0.4, -0.2) is 25.3 Å². The van der Waals surface area contributed by atoms with Gasteiger partial charge in [-0.25, -0.2) is 4.79 Å². The van der Waals surface area contributed by atoms with Crippen molar-refractivity contribution in [2.45, 2.75) is 13.0 Å². The summed E-state index contributed by atoms with van der Waals surface area (Å²) < 4.78 is 9.86. The Morgan fingerprint density at radius 2 is 1.84 bits per heavy atom. The molecule has 2 aromatic carbocycles. The van der Waals surface area contributed by atoms with Gasteiger partial charge in [0, 0.05) is 5.69 Å². The molecule has 0 saturated heterocycles. The highest BCUT2D eigenvalue weighted by Gasteiger charge is 2.13. The molecule has 2 aromatic rings. The number of rotatable bonds is 5. The number of nitrogens with one attached hydrogen (secondary N) is 2. The maximum Gasteiger partial charge on any atom is 0.339 e. The van der Waals surface area contributed by atoms with Crippen LogP contribution in [0.1, 0.15) is 28.9 Å². The summed E-state index contributed by atoms with van der Waals surface area (Å²) in [5.41, 5.74) is 1.99. The van der Waals surface area contributed by atoms with E-state index in [1.807, 2.05) is 31.2 Å². The normalized spacial score (nSPS) is 11.4. The fourth-order valence-electron chi connectivity index (χ4n) is 2.21. The van der Waals surface area contributed by atoms with Gasteiger partial charge < -0.3 is 20.1 Å². The lowest BCUT2D eigenvalue weighted by Crippen LogP contribution is -2.30. The lowest BCUT2D eigenvalue weighted by atomic mass is 10.1. The molecule has 0 amide bonds. The second-order valence-corrected chi connectivity index (χ2v) is 6.09. The second kappa shape index (κ2) is 8.69. The van der Waals surface area contributed by atoms with Gasteiger partial charge in [0.2, 0.25) is 0 Å². The second-order valence-electron chi connectivity index (χ2n) is 5.28. The summed E-state index contributed by atoms with van der Waals surface area (Å²) in [5, 5.41) is 6.98. The number of benzene rings is 2. The Kier molecular flexibility index (Phi) is 6.61. The third kappa shape index (κ3) is 5.08. The average Bonchev–Trinajstić information content (AvgIpc) is 2.62. The van der Waals surface area contributed by atoms with Crippen molar-refractivity contribution in [1.29, 1.82) is 0 Å². The van der Waals surface area contributed by atoms with Crippen LogP contribution in [0.5, 0.6) is 5.75 Å². The number of carbonyl (C=O) groups excluding carboxylic acids is 1. The molecule has 0 aromatic heterocycles. The third-order valence-corrected chi connectivity index (χ3v) is 4.14. The molecule has 0 spiro atoms. The number of thiocarbonyl (C=S) groups is 1. The van der Waals surface area contributed by atoms with Gasteiger partial charge in [-0.3, -0.25) is 0 Å². The van der Waals surface area contributed by atoms with Crippen LogP contribution in [0.25, 0.3) is 0 Å². The summed E-state index contributed by atoms with van der Waals surface area (Å²) in [6.07, 6.45) is 0. The SMILES string of the molecule is COC(=O)c1cc(NC(=S)NC(C)c2ccc(OC)cc2)ccc1Cl. The Balaban J connectivity index is 2.03. The quantitative estimate of drug-likeness (QED) is 0.601. The Morgan fingerprint density at radius 1 is 1.16 bits per heavy atom. The molecule has 1 atom stereocenters. The first-order valence-electron chi connectivity index (χ1n) is 7.54. The lowest BCUT2D eigenvalue weighted by molar-refractivity contribution is 0.0601. The van der Waals surface area contributed by atoms with Crippen molar-refractivity contribution in [2.75, 3.05) is 19.5 Å².